The van der Waals surface area contributed by atoms with Crippen molar-refractivity contribution < 1.29 is 9.47 Å². The van der Waals surface area contributed by atoms with Crippen LogP contribution in [0.5, 0.6) is 0 Å². The van der Waals surface area contributed by atoms with E-state index in [4.69, 9.17) is 9.47 Å². The summed E-state index contributed by atoms with van der Waals surface area (Å²) in [7, 11) is 1.81. The van der Waals surface area contributed by atoms with Crippen molar-refractivity contribution in [1.29, 1.82) is 0 Å². The Morgan fingerprint density at radius 2 is 1.94 bits per heavy atom. The van der Waals surface area contributed by atoms with E-state index in [2.05, 4.69) is 12.2 Å². The first-order valence-corrected chi connectivity index (χ1v) is 7.26. The fourth-order valence-corrected chi connectivity index (χ4v) is 3.01. The average Bonchev–Trinajstić information content (AvgIpc) is 2.34. The monoisotopic (exact) mass is 241 g/mol. The molecule has 2 aliphatic rings. The molecule has 3 atom stereocenters. The Labute approximate surface area is 105 Å². The Kier molecular flexibility index (Phi) is 5.26. The minimum atomic E-state index is 0.267. The molecule has 0 aromatic carbocycles. The number of hydrogen-bond donors (Lipinski definition) is 1. The van der Waals surface area contributed by atoms with Crippen molar-refractivity contribution in [2.45, 2.75) is 76.2 Å². The van der Waals surface area contributed by atoms with Gasteiger partial charge in [0.05, 0.1) is 18.3 Å². The maximum atomic E-state index is 6.18. The largest absolute Gasteiger partial charge is 0.377 e. The van der Waals surface area contributed by atoms with Crippen molar-refractivity contribution in [3.63, 3.8) is 0 Å². The summed E-state index contributed by atoms with van der Waals surface area (Å²) in [5.41, 5.74) is 0. The van der Waals surface area contributed by atoms with E-state index in [-0.39, 0.29) is 6.10 Å². The predicted octanol–water partition coefficient (Wildman–Crippen LogP) is 2.49. The molecule has 0 amide bonds. The lowest BCUT2D eigenvalue weighted by Crippen LogP contribution is -2.60. The van der Waals surface area contributed by atoms with Crippen LogP contribution in [0.25, 0.3) is 0 Å². The van der Waals surface area contributed by atoms with Crippen molar-refractivity contribution in [3.05, 3.63) is 0 Å². The molecule has 0 aromatic heterocycles. The topological polar surface area (TPSA) is 30.5 Å². The zero-order chi connectivity index (χ0) is 12.1. The molecule has 1 N–H and O–H groups in total. The second kappa shape index (κ2) is 6.72. The standard InChI is InChI=1S/C14H27NO2/c1-3-9-15-12-10-13(14(12)16-2)17-11-7-5-4-6-8-11/h11-15H,3-10H2,1-2H3. The molecule has 2 aliphatic carbocycles. The Morgan fingerprint density at radius 1 is 1.18 bits per heavy atom. The van der Waals surface area contributed by atoms with E-state index in [1.807, 2.05) is 7.11 Å². The van der Waals surface area contributed by atoms with E-state index in [1.165, 1.54) is 38.5 Å². The molecular formula is C14H27NO2. The molecule has 2 rings (SSSR count). The van der Waals surface area contributed by atoms with Crippen LogP contribution in [-0.4, -0.2) is 38.0 Å². The molecule has 3 unspecified atom stereocenters. The molecule has 2 fully saturated rings. The zero-order valence-corrected chi connectivity index (χ0v) is 11.3. The first-order chi connectivity index (χ1) is 8.35. The Morgan fingerprint density at radius 3 is 2.59 bits per heavy atom. The van der Waals surface area contributed by atoms with Crippen LogP contribution < -0.4 is 5.32 Å². The van der Waals surface area contributed by atoms with Gasteiger partial charge in [0.1, 0.15) is 0 Å². The van der Waals surface area contributed by atoms with Gasteiger partial charge in [-0.1, -0.05) is 26.2 Å². The van der Waals surface area contributed by atoms with Crippen molar-refractivity contribution in [1.82, 2.24) is 5.32 Å². The van der Waals surface area contributed by atoms with Crippen molar-refractivity contribution in [3.8, 4) is 0 Å². The van der Waals surface area contributed by atoms with Crippen LogP contribution in [0.4, 0.5) is 0 Å². The third-order valence-corrected chi connectivity index (χ3v) is 4.10. The van der Waals surface area contributed by atoms with E-state index in [0.29, 0.717) is 18.2 Å². The maximum absolute atomic E-state index is 6.18. The Balaban J connectivity index is 1.71. The molecule has 0 aliphatic heterocycles. The lowest BCUT2D eigenvalue weighted by atomic mass is 9.84. The second-order valence-electron chi connectivity index (χ2n) is 5.43. The lowest BCUT2D eigenvalue weighted by Gasteiger charge is -2.45. The van der Waals surface area contributed by atoms with Crippen LogP contribution in [0.2, 0.25) is 0 Å². The third kappa shape index (κ3) is 3.43. The van der Waals surface area contributed by atoms with E-state index in [0.717, 1.165) is 13.0 Å². The van der Waals surface area contributed by atoms with Crippen LogP contribution in [-0.2, 0) is 9.47 Å². The normalized spacial score (nSPS) is 34.6. The van der Waals surface area contributed by atoms with Crippen molar-refractivity contribution >= 4 is 0 Å². The van der Waals surface area contributed by atoms with Gasteiger partial charge >= 0.3 is 0 Å². The lowest BCUT2D eigenvalue weighted by molar-refractivity contribution is -0.162. The van der Waals surface area contributed by atoms with Crippen LogP contribution >= 0.6 is 0 Å². The van der Waals surface area contributed by atoms with Crippen molar-refractivity contribution in [2.24, 2.45) is 0 Å². The quantitative estimate of drug-likeness (QED) is 0.775. The molecule has 17 heavy (non-hydrogen) atoms. The van der Waals surface area contributed by atoms with E-state index in [9.17, 15) is 0 Å². The summed E-state index contributed by atoms with van der Waals surface area (Å²) in [6.45, 7) is 3.28. The fraction of sp³-hybridized carbons (Fsp3) is 1.00. The van der Waals surface area contributed by atoms with Crippen LogP contribution in [0.3, 0.4) is 0 Å². The smallest absolute Gasteiger partial charge is 0.0987 e. The van der Waals surface area contributed by atoms with E-state index in [1.54, 1.807) is 0 Å². The van der Waals surface area contributed by atoms with Gasteiger partial charge in [0, 0.05) is 13.2 Å². The summed E-state index contributed by atoms with van der Waals surface area (Å²) < 4.78 is 11.7. The molecule has 0 saturated heterocycles. The van der Waals surface area contributed by atoms with Crippen LogP contribution in [0, 0.1) is 0 Å². The Bertz CT molecular complexity index is 216. The summed E-state index contributed by atoms with van der Waals surface area (Å²) in [5.74, 6) is 0. The van der Waals surface area contributed by atoms with Crippen LogP contribution in [0.1, 0.15) is 51.9 Å². The fourth-order valence-electron chi connectivity index (χ4n) is 3.01. The summed E-state index contributed by atoms with van der Waals surface area (Å²) in [4.78, 5) is 0. The molecule has 0 spiro atoms. The maximum Gasteiger partial charge on any atom is 0.0987 e. The van der Waals surface area contributed by atoms with Gasteiger partial charge in [0.25, 0.3) is 0 Å². The highest BCUT2D eigenvalue weighted by Crippen LogP contribution is 2.31. The number of hydrogen-bond acceptors (Lipinski definition) is 3. The highest BCUT2D eigenvalue weighted by molar-refractivity contribution is 4.97. The minimum absolute atomic E-state index is 0.267. The van der Waals surface area contributed by atoms with Gasteiger partial charge in [-0.2, -0.15) is 0 Å². The molecule has 0 bridgehead atoms. The van der Waals surface area contributed by atoms with Gasteiger partial charge in [-0.25, -0.2) is 0 Å². The number of methoxy groups -OCH3 is 1. The van der Waals surface area contributed by atoms with Gasteiger partial charge in [-0.05, 0) is 32.2 Å². The summed E-state index contributed by atoms with van der Waals surface area (Å²) >= 11 is 0. The number of nitrogens with one attached hydrogen (secondary N) is 1. The van der Waals surface area contributed by atoms with Gasteiger partial charge in [-0.3, -0.25) is 0 Å². The molecule has 2 saturated carbocycles. The van der Waals surface area contributed by atoms with Crippen molar-refractivity contribution in [2.75, 3.05) is 13.7 Å². The van der Waals surface area contributed by atoms with Crippen LogP contribution in [0.15, 0.2) is 0 Å². The first-order valence-electron chi connectivity index (χ1n) is 7.26. The molecule has 3 nitrogen and oxygen atoms in total. The summed E-state index contributed by atoms with van der Waals surface area (Å²) in [6, 6.07) is 0.508. The zero-order valence-electron chi connectivity index (χ0n) is 11.3. The predicted molar refractivity (Wildman–Crippen MR) is 69.2 cm³/mol. The molecule has 0 aromatic rings. The Hall–Kier alpha value is -0.120. The highest BCUT2D eigenvalue weighted by atomic mass is 16.5. The molecular weight excluding hydrogens is 214 g/mol. The van der Waals surface area contributed by atoms with E-state index < -0.39 is 0 Å². The highest BCUT2D eigenvalue weighted by Gasteiger charge is 2.42. The summed E-state index contributed by atoms with van der Waals surface area (Å²) in [6.07, 6.45) is 9.97. The van der Waals surface area contributed by atoms with Gasteiger partial charge in [-0.15, -0.1) is 0 Å². The second-order valence-corrected chi connectivity index (χ2v) is 5.43. The third-order valence-electron chi connectivity index (χ3n) is 4.10. The van der Waals surface area contributed by atoms with Gasteiger partial charge in [0.15, 0.2) is 0 Å². The van der Waals surface area contributed by atoms with Gasteiger partial charge in [0.2, 0.25) is 0 Å². The molecule has 100 valence electrons. The van der Waals surface area contributed by atoms with Gasteiger partial charge < -0.3 is 14.8 Å². The summed E-state index contributed by atoms with van der Waals surface area (Å²) in [5, 5.41) is 3.53. The first kappa shape index (κ1) is 13.3. The number of ether oxygens (including phenoxy) is 2. The number of rotatable bonds is 6. The molecule has 0 radical (unpaired) electrons. The molecule has 3 heteroatoms. The molecule has 0 heterocycles. The average molecular weight is 241 g/mol. The van der Waals surface area contributed by atoms with E-state index >= 15 is 0 Å². The minimum Gasteiger partial charge on any atom is -0.377 e. The SMILES string of the molecule is CCCNC1CC(OC2CCCCC2)C1OC.